The molecule has 0 aliphatic heterocycles. The highest BCUT2D eigenvalue weighted by Crippen LogP contribution is 2.27. The van der Waals surface area contributed by atoms with Gasteiger partial charge in [-0.1, -0.05) is 24.3 Å². The first-order valence-corrected chi connectivity index (χ1v) is 7.78. The van der Waals surface area contributed by atoms with E-state index in [1.807, 2.05) is 30.3 Å². The van der Waals surface area contributed by atoms with Crippen molar-refractivity contribution in [1.82, 2.24) is 15.5 Å². The van der Waals surface area contributed by atoms with E-state index in [1.165, 1.54) is 25.3 Å². The Morgan fingerprint density at radius 1 is 1.23 bits per heavy atom. The van der Waals surface area contributed by atoms with Crippen molar-refractivity contribution < 1.29 is 14.5 Å². The molecule has 0 saturated carbocycles. The van der Waals surface area contributed by atoms with Crippen molar-refractivity contribution in [2.75, 3.05) is 7.11 Å². The molecule has 132 valence electrons. The zero-order valence-corrected chi connectivity index (χ0v) is 13.9. The van der Waals surface area contributed by atoms with Crippen molar-refractivity contribution in [3.8, 4) is 17.0 Å². The fourth-order valence-corrected chi connectivity index (χ4v) is 2.48. The third-order valence-electron chi connectivity index (χ3n) is 3.86. The number of amides is 1. The molecule has 1 aromatic heterocycles. The molecule has 0 unspecified atom stereocenters. The van der Waals surface area contributed by atoms with Crippen LogP contribution in [0.3, 0.4) is 0 Å². The van der Waals surface area contributed by atoms with Crippen molar-refractivity contribution in [3.63, 3.8) is 0 Å². The van der Waals surface area contributed by atoms with E-state index < -0.39 is 10.8 Å². The summed E-state index contributed by atoms with van der Waals surface area (Å²) in [4.78, 5) is 22.7. The molecule has 0 bridgehead atoms. The largest absolute Gasteiger partial charge is 0.490 e. The first-order valence-electron chi connectivity index (χ1n) is 7.78. The number of ether oxygens (including phenoxy) is 1. The fourth-order valence-electron chi connectivity index (χ4n) is 2.48. The van der Waals surface area contributed by atoms with Crippen LogP contribution < -0.4 is 10.1 Å². The van der Waals surface area contributed by atoms with Gasteiger partial charge in [-0.2, -0.15) is 5.10 Å². The van der Waals surface area contributed by atoms with E-state index in [2.05, 4.69) is 15.5 Å². The number of carbonyl (C=O) groups is 1. The minimum Gasteiger partial charge on any atom is -0.490 e. The predicted molar refractivity (Wildman–Crippen MR) is 94.8 cm³/mol. The lowest BCUT2D eigenvalue weighted by atomic mass is 10.1. The Bertz CT molecular complexity index is 921. The molecule has 1 amide bonds. The Hall–Kier alpha value is -3.68. The number of nitro benzene ring substituents is 1. The Labute approximate surface area is 149 Å². The van der Waals surface area contributed by atoms with E-state index in [4.69, 9.17) is 4.74 Å². The first kappa shape index (κ1) is 17.2. The third kappa shape index (κ3) is 3.69. The van der Waals surface area contributed by atoms with E-state index in [1.54, 1.807) is 6.20 Å². The van der Waals surface area contributed by atoms with Gasteiger partial charge < -0.3 is 10.1 Å². The molecule has 1 heterocycles. The SMILES string of the molecule is COc1ccc(C(=O)NCc2ccc(-c3ccn[nH]3)cc2)cc1[N+](=O)[O-]. The summed E-state index contributed by atoms with van der Waals surface area (Å²) >= 11 is 0. The van der Waals surface area contributed by atoms with Gasteiger partial charge in [-0.3, -0.25) is 20.0 Å². The van der Waals surface area contributed by atoms with Crippen LogP contribution in [-0.2, 0) is 6.54 Å². The standard InChI is InChI=1S/C18H16N4O4/c1-26-17-7-6-14(10-16(17)22(24)25)18(23)19-11-12-2-4-13(5-3-12)15-8-9-20-21-15/h2-10H,11H2,1H3,(H,19,23)(H,20,21). The quantitative estimate of drug-likeness (QED) is 0.523. The zero-order chi connectivity index (χ0) is 18.5. The van der Waals surface area contributed by atoms with Crippen molar-refractivity contribution in [1.29, 1.82) is 0 Å². The lowest BCUT2D eigenvalue weighted by molar-refractivity contribution is -0.385. The summed E-state index contributed by atoms with van der Waals surface area (Å²) in [6.07, 6.45) is 1.68. The van der Waals surface area contributed by atoms with Gasteiger partial charge in [0.15, 0.2) is 5.75 Å². The molecule has 3 aromatic rings. The number of carbonyl (C=O) groups excluding carboxylic acids is 1. The molecule has 0 aliphatic carbocycles. The maximum Gasteiger partial charge on any atom is 0.311 e. The van der Waals surface area contributed by atoms with Crippen LogP contribution in [0.15, 0.2) is 54.7 Å². The number of rotatable bonds is 6. The van der Waals surface area contributed by atoms with E-state index in [-0.39, 0.29) is 17.0 Å². The van der Waals surface area contributed by atoms with E-state index in [0.717, 1.165) is 16.8 Å². The summed E-state index contributed by atoms with van der Waals surface area (Å²) in [6, 6.07) is 13.6. The number of nitrogens with zero attached hydrogens (tertiary/aromatic N) is 2. The van der Waals surface area contributed by atoms with Crippen LogP contribution in [0.2, 0.25) is 0 Å². The number of nitrogens with one attached hydrogen (secondary N) is 2. The third-order valence-corrected chi connectivity index (χ3v) is 3.86. The van der Waals surface area contributed by atoms with Gasteiger partial charge in [-0.25, -0.2) is 0 Å². The van der Waals surface area contributed by atoms with E-state index >= 15 is 0 Å². The van der Waals surface area contributed by atoms with Crippen LogP contribution in [0.5, 0.6) is 5.75 Å². The minimum absolute atomic E-state index is 0.112. The highest BCUT2D eigenvalue weighted by atomic mass is 16.6. The van der Waals surface area contributed by atoms with Gasteiger partial charge in [0.25, 0.3) is 5.91 Å². The van der Waals surface area contributed by atoms with Crippen LogP contribution in [0.4, 0.5) is 5.69 Å². The number of benzene rings is 2. The summed E-state index contributed by atoms with van der Waals surface area (Å²) < 4.78 is 4.93. The lowest BCUT2D eigenvalue weighted by Crippen LogP contribution is -2.22. The van der Waals surface area contributed by atoms with Crippen LogP contribution >= 0.6 is 0 Å². The van der Waals surface area contributed by atoms with Gasteiger partial charge in [-0.05, 0) is 29.3 Å². The summed E-state index contributed by atoms with van der Waals surface area (Å²) in [5.74, 6) is -0.283. The molecule has 2 N–H and O–H groups in total. The van der Waals surface area contributed by atoms with Crippen LogP contribution in [0.25, 0.3) is 11.3 Å². The molecule has 0 saturated heterocycles. The molecule has 0 fully saturated rings. The Kier molecular flexibility index (Phi) is 4.93. The predicted octanol–water partition coefficient (Wildman–Crippen LogP) is 2.92. The molecule has 3 rings (SSSR count). The number of aromatic nitrogens is 2. The van der Waals surface area contributed by atoms with Crippen molar-refractivity contribution in [2.24, 2.45) is 0 Å². The molecule has 8 nitrogen and oxygen atoms in total. The molecule has 0 radical (unpaired) electrons. The second-order valence-electron chi connectivity index (χ2n) is 5.49. The minimum atomic E-state index is -0.580. The second-order valence-corrected chi connectivity index (χ2v) is 5.49. The number of hydrogen-bond donors (Lipinski definition) is 2. The molecular weight excluding hydrogens is 336 g/mol. The van der Waals surface area contributed by atoms with Gasteiger partial charge in [0.1, 0.15) is 0 Å². The Morgan fingerprint density at radius 2 is 2.00 bits per heavy atom. The second kappa shape index (κ2) is 7.47. The molecule has 0 atom stereocenters. The number of aromatic amines is 1. The number of hydrogen-bond acceptors (Lipinski definition) is 5. The summed E-state index contributed by atoms with van der Waals surface area (Å²) in [7, 11) is 1.34. The van der Waals surface area contributed by atoms with Gasteiger partial charge in [0.05, 0.1) is 17.7 Å². The highest BCUT2D eigenvalue weighted by molar-refractivity contribution is 5.95. The molecule has 26 heavy (non-hydrogen) atoms. The zero-order valence-electron chi connectivity index (χ0n) is 13.9. The van der Waals surface area contributed by atoms with Gasteiger partial charge in [0, 0.05) is 24.4 Å². The van der Waals surface area contributed by atoms with Gasteiger partial charge in [-0.15, -0.1) is 0 Å². The molecule has 8 heteroatoms. The summed E-state index contributed by atoms with van der Waals surface area (Å²) in [5.41, 5.74) is 2.76. The number of H-pyrrole nitrogens is 1. The average Bonchev–Trinajstić information content (AvgIpc) is 3.20. The fraction of sp³-hybridized carbons (Fsp3) is 0.111. The van der Waals surface area contributed by atoms with Crippen molar-refractivity contribution in [2.45, 2.75) is 6.54 Å². The molecule has 0 spiro atoms. The monoisotopic (exact) mass is 352 g/mol. The summed E-state index contributed by atoms with van der Waals surface area (Å²) in [5, 5.41) is 20.6. The number of methoxy groups -OCH3 is 1. The summed E-state index contributed by atoms with van der Waals surface area (Å²) in [6.45, 7) is 0.307. The lowest BCUT2D eigenvalue weighted by Gasteiger charge is -2.07. The van der Waals surface area contributed by atoms with Crippen molar-refractivity contribution >= 4 is 11.6 Å². The Morgan fingerprint density at radius 3 is 2.62 bits per heavy atom. The van der Waals surface area contributed by atoms with Gasteiger partial charge in [0.2, 0.25) is 0 Å². The van der Waals surface area contributed by atoms with E-state index in [0.29, 0.717) is 6.54 Å². The highest BCUT2D eigenvalue weighted by Gasteiger charge is 2.18. The van der Waals surface area contributed by atoms with Crippen LogP contribution in [-0.4, -0.2) is 28.1 Å². The van der Waals surface area contributed by atoms with Crippen LogP contribution in [0, 0.1) is 10.1 Å². The van der Waals surface area contributed by atoms with Gasteiger partial charge >= 0.3 is 5.69 Å². The molecule has 0 aliphatic rings. The van der Waals surface area contributed by atoms with E-state index in [9.17, 15) is 14.9 Å². The first-order chi connectivity index (χ1) is 12.6. The normalized spacial score (nSPS) is 10.3. The Balaban J connectivity index is 1.67. The van der Waals surface area contributed by atoms with Crippen molar-refractivity contribution in [3.05, 3.63) is 76.0 Å². The topological polar surface area (TPSA) is 110 Å². The molecule has 2 aromatic carbocycles. The van der Waals surface area contributed by atoms with Crippen LogP contribution in [0.1, 0.15) is 15.9 Å². The number of nitro groups is 1. The smallest absolute Gasteiger partial charge is 0.311 e. The maximum atomic E-state index is 12.3. The average molecular weight is 352 g/mol. The maximum absolute atomic E-state index is 12.3. The molecular formula is C18H16N4O4.